The van der Waals surface area contributed by atoms with Crippen LogP contribution in [0.4, 0.5) is 0 Å². The van der Waals surface area contributed by atoms with Gasteiger partial charge in [-0.05, 0) is 55.4 Å². The third-order valence-electron chi connectivity index (χ3n) is 5.48. The summed E-state index contributed by atoms with van der Waals surface area (Å²) in [5, 5.41) is 11.7. The summed E-state index contributed by atoms with van der Waals surface area (Å²) in [6.07, 6.45) is 1.14. The quantitative estimate of drug-likeness (QED) is 0.571. The van der Waals surface area contributed by atoms with Gasteiger partial charge in [0, 0.05) is 36.8 Å². The number of ether oxygens (including phenoxy) is 3. The van der Waals surface area contributed by atoms with Crippen LogP contribution in [0.3, 0.4) is 0 Å². The summed E-state index contributed by atoms with van der Waals surface area (Å²) in [5.41, 5.74) is -1.82. The van der Waals surface area contributed by atoms with Gasteiger partial charge in [-0.3, -0.25) is 9.59 Å². The van der Waals surface area contributed by atoms with Crippen molar-refractivity contribution in [3.8, 4) is 0 Å². The molecule has 2 aliphatic rings. The molecule has 0 bridgehead atoms. The van der Waals surface area contributed by atoms with E-state index in [1.54, 1.807) is 0 Å². The predicted molar refractivity (Wildman–Crippen MR) is 104 cm³/mol. The maximum atomic E-state index is 12.3. The maximum absolute atomic E-state index is 12.3. The minimum absolute atomic E-state index is 0.283. The topological polar surface area (TPSA) is 85.3 Å². The lowest BCUT2D eigenvalue weighted by molar-refractivity contribution is -0.259. The molecule has 0 aliphatic carbocycles. The van der Waals surface area contributed by atoms with Crippen molar-refractivity contribution < 1.29 is 29.0 Å². The molecule has 0 saturated carbocycles. The van der Waals surface area contributed by atoms with E-state index >= 15 is 0 Å². The fraction of sp³-hybridized carbons (Fsp3) is 0.905. The number of hydrogen-bond acceptors (Lipinski definition) is 7. The summed E-state index contributed by atoms with van der Waals surface area (Å²) >= 11 is 0. The van der Waals surface area contributed by atoms with Crippen molar-refractivity contribution in [2.45, 2.75) is 122 Å². The van der Waals surface area contributed by atoms with Gasteiger partial charge in [0.25, 0.3) is 0 Å². The summed E-state index contributed by atoms with van der Waals surface area (Å²) in [7, 11) is 0. The maximum Gasteiger partial charge on any atom is 0.317 e. The van der Waals surface area contributed by atoms with Crippen molar-refractivity contribution in [3.63, 3.8) is 0 Å². The fourth-order valence-corrected chi connectivity index (χ4v) is 4.92. The van der Waals surface area contributed by atoms with Crippen molar-refractivity contribution in [3.05, 3.63) is 0 Å². The predicted octanol–water partition coefficient (Wildman–Crippen LogP) is 3.61. The van der Waals surface area contributed by atoms with E-state index in [0.717, 1.165) is 0 Å². The molecule has 0 radical (unpaired) electrons. The van der Waals surface area contributed by atoms with Crippen LogP contribution < -0.4 is 0 Å². The standard InChI is InChI=1S/C21H37NO6/c1-18(2)10-14(11-19(3,4)22(18)25)26-16(23)9-17(24)27-15-12-20(5,6)28-21(7,8)13-15/h14-15,25H,9-13H2,1-8H3. The molecule has 0 atom stereocenters. The summed E-state index contributed by atoms with van der Waals surface area (Å²) in [6.45, 7) is 15.5. The third kappa shape index (κ3) is 5.91. The highest BCUT2D eigenvalue weighted by atomic mass is 16.6. The van der Waals surface area contributed by atoms with Crippen LogP contribution in [0.25, 0.3) is 0 Å². The van der Waals surface area contributed by atoms with Gasteiger partial charge in [0.15, 0.2) is 0 Å². The van der Waals surface area contributed by atoms with Crippen LogP contribution in [-0.2, 0) is 23.8 Å². The second-order valence-corrected chi connectivity index (χ2v) is 10.8. The monoisotopic (exact) mass is 399 g/mol. The first-order chi connectivity index (χ1) is 12.5. The van der Waals surface area contributed by atoms with E-state index in [1.807, 2.05) is 55.4 Å². The zero-order valence-corrected chi connectivity index (χ0v) is 18.6. The summed E-state index contributed by atoms with van der Waals surface area (Å²) < 4.78 is 17.1. The Morgan fingerprint density at radius 3 is 1.57 bits per heavy atom. The summed E-state index contributed by atoms with van der Waals surface area (Å²) in [5.74, 6) is -1.15. The zero-order valence-electron chi connectivity index (χ0n) is 18.6. The van der Waals surface area contributed by atoms with Gasteiger partial charge in [0.2, 0.25) is 0 Å². The molecule has 0 unspecified atom stereocenters. The molecule has 0 amide bonds. The highest BCUT2D eigenvalue weighted by Crippen LogP contribution is 2.38. The van der Waals surface area contributed by atoms with Gasteiger partial charge in [0.05, 0.1) is 11.2 Å². The van der Waals surface area contributed by atoms with E-state index < -0.39 is 29.4 Å². The summed E-state index contributed by atoms with van der Waals surface area (Å²) in [4.78, 5) is 24.6. The van der Waals surface area contributed by atoms with E-state index in [0.29, 0.717) is 25.7 Å². The molecule has 7 heteroatoms. The number of piperidine rings is 1. The number of hydroxylamine groups is 2. The van der Waals surface area contributed by atoms with Gasteiger partial charge in [-0.1, -0.05) is 0 Å². The molecular formula is C21H37NO6. The smallest absolute Gasteiger partial charge is 0.317 e. The molecular weight excluding hydrogens is 362 g/mol. The first kappa shape index (κ1) is 23.1. The normalized spacial score (nSPS) is 27.2. The lowest BCUT2D eigenvalue weighted by Gasteiger charge is -2.50. The number of nitrogens with zero attached hydrogens (tertiary/aromatic N) is 1. The van der Waals surface area contributed by atoms with Crippen LogP contribution >= 0.6 is 0 Å². The number of rotatable bonds is 4. The van der Waals surface area contributed by atoms with Crippen LogP contribution in [-0.4, -0.2) is 56.7 Å². The largest absolute Gasteiger partial charge is 0.462 e. The number of carbonyl (C=O) groups excluding carboxylic acids is 2. The van der Waals surface area contributed by atoms with Crippen LogP contribution in [0.5, 0.6) is 0 Å². The molecule has 0 aromatic carbocycles. The Morgan fingerprint density at radius 2 is 1.18 bits per heavy atom. The molecule has 2 fully saturated rings. The van der Waals surface area contributed by atoms with E-state index in [9.17, 15) is 14.8 Å². The number of carbonyl (C=O) groups is 2. The van der Waals surface area contributed by atoms with E-state index in [2.05, 4.69) is 0 Å². The molecule has 162 valence electrons. The molecule has 1 N–H and O–H groups in total. The Morgan fingerprint density at radius 1 is 0.821 bits per heavy atom. The molecule has 0 aromatic rings. The number of hydrogen-bond donors (Lipinski definition) is 1. The van der Waals surface area contributed by atoms with Crippen molar-refractivity contribution in [2.75, 3.05) is 0 Å². The summed E-state index contributed by atoms with van der Waals surface area (Å²) in [6, 6.07) is 0. The Kier molecular flexibility index (Phi) is 6.25. The van der Waals surface area contributed by atoms with E-state index in [-0.39, 0.29) is 23.4 Å². The highest BCUT2D eigenvalue weighted by Gasteiger charge is 2.46. The van der Waals surface area contributed by atoms with Gasteiger partial charge >= 0.3 is 11.9 Å². The van der Waals surface area contributed by atoms with E-state index in [1.165, 1.54) is 5.06 Å². The Labute approximate surface area is 168 Å². The van der Waals surface area contributed by atoms with Gasteiger partial charge in [-0.15, -0.1) is 0 Å². The van der Waals surface area contributed by atoms with Gasteiger partial charge < -0.3 is 19.4 Å². The molecule has 2 rings (SSSR count). The Balaban J connectivity index is 1.88. The van der Waals surface area contributed by atoms with Gasteiger partial charge in [-0.2, -0.15) is 5.06 Å². The second-order valence-electron chi connectivity index (χ2n) is 10.8. The lowest BCUT2D eigenvalue weighted by atomic mass is 9.80. The Hall–Kier alpha value is -1.18. The first-order valence-corrected chi connectivity index (χ1v) is 10.1. The number of esters is 2. The third-order valence-corrected chi connectivity index (χ3v) is 5.48. The zero-order chi connectivity index (χ0) is 21.5. The fourth-order valence-electron chi connectivity index (χ4n) is 4.92. The van der Waals surface area contributed by atoms with E-state index in [4.69, 9.17) is 14.2 Å². The Bertz CT molecular complexity index is 576. The second kappa shape index (κ2) is 7.58. The van der Waals surface area contributed by atoms with Crippen LogP contribution in [0, 0.1) is 0 Å². The van der Waals surface area contributed by atoms with Crippen molar-refractivity contribution in [2.24, 2.45) is 0 Å². The average Bonchev–Trinajstić information content (AvgIpc) is 2.39. The average molecular weight is 400 g/mol. The van der Waals surface area contributed by atoms with Crippen molar-refractivity contribution >= 4 is 11.9 Å². The molecule has 2 heterocycles. The van der Waals surface area contributed by atoms with Crippen LogP contribution in [0.2, 0.25) is 0 Å². The first-order valence-electron chi connectivity index (χ1n) is 10.1. The SMILES string of the molecule is CC1(C)CC(OC(=O)CC(=O)OC2CC(C)(C)N(O)C(C)(C)C2)CC(C)(C)O1. The minimum atomic E-state index is -0.585. The molecule has 0 spiro atoms. The molecule has 28 heavy (non-hydrogen) atoms. The van der Waals surface area contributed by atoms with Gasteiger partial charge in [0.1, 0.15) is 18.6 Å². The van der Waals surface area contributed by atoms with Crippen LogP contribution in [0.1, 0.15) is 87.5 Å². The highest BCUT2D eigenvalue weighted by molar-refractivity contribution is 5.91. The van der Waals surface area contributed by atoms with Crippen molar-refractivity contribution in [1.29, 1.82) is 0 Å². The molecule has 2 aliphatic heterocycles. The van der Waals surface area contributed by atoms with Crippen molar-refractivity contribution in [1.82, 2.24) is 5.06 Å². The lowest BCUT2D eigenvalue weighted by Crippen LogP contribution is -2.60. The van der Waals surface area contributed by atoms with Crippen LogP contribution in [0.15, 0.2) is 0 Å². The molecule has 2 saturated heterocycles. The minimum Gasteiger partial charge on any atom is -0.462 e. The van der Waals surface area contributed by atoms with Gasteiger partial charge in [-0.25, -0.2) is 0 Å². The molecule has 0 aromatic heterocycles. The molecule has 7 nitrogen and oxygen atoms in total.